The number of halogens is 2. The minimum atomic E-state index is -0.546. The Kier molecular flexibility index (Phi) is 4.51. The highest BCUT2D eigenvalue weighted by atomic mass is 79.9. The van der Waals surface area contributed by atoms with E-state index < -0.39 is 5.82 Å². The maximum atomic E-state index is 13.5. The number of benzene rings is 1. The van der Waals surface area contributed by atoms with Crippen LogP contribution in [0.25, 0.3) is 0 Å². The first-order chi connectivity index (χ1) is 7.60. The summed E-state index contributed by atoms with van der Waals surface area (Å²) in [5.74, 6) is 1.44. The highest BCUT2D eigenvalue weighted by molar-refractivity contribution is 9.10. The zero-order chi connectivity index (χ0) is 12.1. The number of nitrogens with zero attached hydrogens (tertiary/aromatic N) is 1. The Balaban J connectivity index is 3.00. The van der Waals surface area contributed by atoms with Crippen LogP contribution in [-0.2, 0) is 0 Å². The summed E-state index contributed by atoms with van der Waals surface area (Å²) in [7, 11) is 0. The molecule has 0 aliphatic heterocycles. The van der Waals surface area contributed by atoms with Gasteiger partial charge in [0.05, 0.1) is 12.1 Å². The molecule has 1 rings (SSSR count). The van der Waals surface area contributed by atoms with E-state index in [0.29, 0.717) is 11.0 Å². The van der Waals surface area contributed by atoms with Gasteiger partial charge in [0.15, 0.2) is 0 Å². The smallest absolute Gasteiger partial charge is 0.257 e. The van der Waals surface area contributed by atoms with Crippen molar-refractivity contribution in [2.24, 2.45) is 0 Å². The number of amides is 1. The van der Waals surface area contributed by atoms with E-state index >= 15 is 0 Å². The van der Waals surface area contributed by atoms with E-state index in [1.165, 1.54) is 17.0 Å². The van der Waals surface area contributed by atoms with Crippen LogP contribution in [0.3, 0.4) is 0 Å². The first-order valence-corrected chi connectivity index (χ1v) is 5.57. The number of carbonyl (C=O) groups excluding carboxylic acids is 1. The van der Waals surface area contributed by atoms with Crippen LogP contribution >= 0.6 is 15.9 Å². The lowest BCUT2D eigenvalue weighted by Gasteiger charge is -2.18. The van der Waals surface area contributed by atoms with Gasteiger partial charge in [0.2, 0.25) is 0 Å². The Hall–Kier alpha value is -1.34. The van der Waals surface area contributed by atoms with Gasteiger partial charge in [0.1, 0.15) is 5.82 Å². The standard InChI is InChI=1S/C12H11BrFNO/c1-3-7-15(4-2)12(16)10-6-5-9(13)8-11(10)14/h1,5-6,8H,4,7H2,2H3. The van der Waals surface area contributed by atoms with Crippen molar-refractivity contribution in [2.75, 3.05) is 13.1 Å². The number of hydrogen-bond acceptors (Lipinski definition) is 1. The van der Waals surface area contributed by atoms with Gasteiger partial charge in [-0.3, -0.25) is 4.79 Å². The number of terminal acetylenes is 1. The lowest BCUT2D eigenvalue weighted by molar-refractivity contribution is 0.0780. The van der Waals surface area contributed by atoms with Crippen molar-refractivity contribution >= 4 is 21.8 Å². The summed E-state index contributed by atoms with van der Waals surface area (Å²) in [6.45, 7) is 2.44. The van der Waals surface area contributed by atoms with E-state index in [-0.39, 0.29) is 18.0 Å². The van der Waals surface area contributed by atoms with Crippen LogP contribution in [0.2, 0.25) is 0 Å². The van der Waals surface area contributed by atoms with Crippen molar-refractivity contribution in [2.45, 2.75) is 6.92 Å². The summed E-state index contributed by atoms with van der Waals surface area (Å²) in [4.78, 5) is 13.3. The lowest BCUT2D eigenvalue weighted by atomic mass is 10.2. The van der Waals surface area contributed by atoms with Gasteiger partial charge in [-0.2, -0.15) is 0 Å². The predicted molar refractivity (Wildman–Crippen MR) is 64.5 cm³/mol. The Morgan fingerprint density at radius 2 is 2.31 bits per heavy atom. The van der Waals surface area contributed by atoms with E-state index in [1.54, 1.807) is 13.0 Å². The topological polar surface area (TPSA) is 20.3 Å². The quantitative estimate of drug-likeness (QED) is 0.781. The Morgan fingerprint density at radius 3 is 2.81 bits per heavy atom. The molecule has 0 atom stereocenters. The van der Waals surface area contributed by atoms with Crippen LogP contribution in [0.15, 0.2) is 22.7 Å². The Bertz CT molecular complexity index is 439. The van der Waals surface area contributed by atoms with E-state index in [2.05, 4.69) is 21.9 Å². The highest BCUT2D eigenvalue weighted by Gasteiger charge is 2.17. The van der Waals surface area contributed by atoms with Gasteiger partial charge in [-0.25, -0.2) is 4.39 Å². The molecule has 0 saturated carbocycles. The Labute approximate surface area is 103 Å². The molecule has 2 nitrogen and oxygen atoms in total. The largest absolute Gasteiger partial charge is 0.328 e. The minimum Gasteiger partial charge on any atom is -0.328 e. The molecule has 0 aromatic heterocycles. The average molecular weight is 284 g/mol. The van der Waals surface area contributed by atoms with Crippen molar-refractivity contribution in [3.63, 3.8) is 0 Å². The SMILES string of the molecule is C#CCN(CC)C(=O)c1ccc(Br)cc1F. The average Bonchev–Trinajstić information content (AvgIpc) is 2.25. The molecular weight excluding hydrogens is 273 g/mol. The fraction of sp³-hybridized carbons (Fsp3) is 0.250. The van der Waals surface area contributed by atoms with Crippen molar-refractivity contribution in [1.82, 2.24) is 4.90 Å². The molecule has 0 fully saturated rings. The van der Waals surface area contributed by atoms with Crippen LogP contribution in [0.5, 0.6) is 0 Å². The lowest BCUT2D eigenvalue weighted by Crippen LogP contribution is -2.31. The third kappa shape index (κ3) is 2.83. The predicted octanol–water partition coefficient (Wildman–Crippen LogP) is 2.68. The van der Waals surface area contributed by atoms with E-state index in [0.717, 1.165) is 0 Å². The molecule has 0 heterocycles. The summed E-state index contributed by atoms with van der Waals surface area (Å²) < 4.78 is 14.1. The fourth-order valence-electron chi connectivity index (χ4n) is 1.27. The van der Waals surface area contributed by atoms with Gasteiger partial charge in [-0.15, -0.1) is 6.42 Å². The van der Waals surface area contributed by atoms with Gasteiger partial charge in [-0.05, 0) is 25.1 Å². The second-order valence-corrected chi connectivity index (χ2v) is 4.06. The summed E-state index contributed by atoms with van der Waals surface area (Å²) in [5.41, 5.74) is 0.0419. The number of carbonyl (C=O) groups is 1. The molecule has 1 aromatic carbocycles. The third-order valence-electron chi connectivity index (χ3n) is 2.11. The maximum Gasteiger partial charge on any atom is 0.257 e. The number of hydrogen-bond donors (Lipinski definition) is 0. The van der Waals surface area contributed by atoms with Crippen molar-refractivity contribution < 1.29 is 9.18 Å². The van der Waals surface area contributed by atoms with Gasteiger partial charge >= 0.3 is 0 Å². The van der Waals surface area contributed by atoms with Crippen LogP contribution in [0.1, 0.15) is 17.3 Å². The maximum absolute atomic E-state index is 13.5. The molecule has 16 heavy (non-hydrogen) atoms. The molecule has 0 bridgehead atoms. The normalized spacial score (nSPS) is 9.62. The zero-order valence-electron chi connectivity index (χ0n) is 8.84. The molecule has 1 aromatic rings. The highest BCUT2D eigenvalue weighted by Crippen LogP contribution is 2.16. The molecule has 0 N–H and O–H groups in total. The summed E-state index contributed by atoms with van der Waals surface area (Å²) in [6.07, 6.45) is 5.14. The first kappa shape index (κ1) is 12.7. The molecule has 0 aliphatic rings. The van der Waals surface area contributed by atoms with Crippen molar-refractivity contribution in [1.29, 1.82) is 0 Å². The second-order valence-electron chi connectivity index (χ2n) is 3.15. The molecule has 84 valence electrons. The second kappa shape index (κ2) is 5.66. The zero-order valence-corrected chi connectivity index (χ0v) is 10.4. The van der Waals surface area contributed by atoms with Crippen molar-refractivity contribution in [3.8, 4) is 12.3 Å². The number of rotatable bonds is 3. The summed E-state index contributed by atoms with van der Waals surface area (Å²) in [6, 6.07) is 4.33. The molecular formula is C12H11BrFNO. The molecule has 0 radical (unpaired) electrons. The van der Waals surface area contributed by atoms with Gasteiger partial charge < -0.3 is 4.90 Å². The first-order valence-electron chi connectivity index (χ1n) is 4.78. The van der Waals surface area contributed by atoms with Crippen LogP contribution < -0.4 is 0 Å². The third-order valence-corrected chi connectivity index (χ3v) is 2.61. The van der Waals surface area contributed by atoms with Gasteiger partial charge in [0, 0.05) is 11.0 Å². The molecule has 0 unspecified atom stereocenters. The van der Waals surface area contributed by atoms with Crippen LogP contribution in [-0.4, -0.2) is 23.9 Å². The van der Waals surface area contributed by atoms with Crippen LogP contribution in [0.4, 0.5) is 4.39 Å². The van der Waals surface area contributed by atoms with E-state index in [4.69, 9.17) is 6.42 Å². The minimum absolute atomic E-state index is 0.0419. The van der Waals surface area contributed by atoms with Crippen LogP contribution in [0, 0.1) is 18.2 Å². The monoisotopic (exact) mass is 283 g/mol. The molecule has 1 amide bonds. The molecule has 0 spiro atoms. The van der Waals surface area contributed by atoms with Crippen molar-refractivity contribution in [3.05, 3.63) is 34.1 Å². The van der Waals surface area contributed by atoms with Gasteiger partial charge in [0.25, 0.3) is 5.91 Å². The van der Waals surface area contributed by atoms with E-state index in [9.17, 15) is 9.18 Å². The fourth-order valence-corrected chi connectivity index (χ4v) is 1.60. The Morgan fingerprint density at radius 1 is 1.62 bits per heavy atom. The molecule has 0 saturated heterocycles. The van der Waals surface area contributed by atoms with E-state index in [1.807, 2.05) is 0 Å². The molecule has 4 heteroatoms. The summed E-state index contributed by atoms with van der Waals surface area (Å²) in [5, 5.41) is 0. The van der Waals surface area contributed by atoms with Gasteiger partial charge in [-0.1, -0.05) is 21.9 Å². The molecule has 0 aliphatic carbocycles. The summed E-state index contributed by atoms with van der Waals surface area (Å²) >= 11 is 3.13.